The van der Waals surface area contributed by atoms with Crippen molar-refractivity contribution in [2.45, 2.75) is 25.2 Å². The fourth-order valence-electron chi connectivity index (χ4n) is 4.60. The Balaban J connectivity index is 1.41. The molecule has 6 heteroatoms. The molecule has 1 amide bonds. The third-order valence-corrected chi connectivity index (χ3v) is 5.95. The number of aromatic nitrogens is 2. The Hall–Kier alpha value is -3.12. The van der Waals surface area contributed by atoms with Gasteiger partial charge in [0.15, 0.2) is 0 Å². The van der Waals surface area contributed by atoms with Gasteiger partial charge in [0.1, 0.15) is 11.4 Å². The van der Waals surface area contributed by atoms with E-state index in [4.69, 9.17) is 4.74 Å². The van der Waals surface area contributed by atoms with Crippen molar-refractivity contribution in [1.29, 1.82) is 0 Å². The van der Waals surface area contributed by atoms with Crippen LogP contribution in [-0.4, -0.2) is 51.5 Å². The van der Waals surface area contributed by atoms with E-state index in [1.807, 2.05) is 53.6 Å². The lowest BCUT2D eigenvalue weighted by Gasteiger charge is -2.38. The van der Waals surface area contributed by atoms with E-state index in [0.29, 0.717) is 6.54 Å². The monoisotopic (exact) mass is 388 g/mol. The van der Waals surface area contributed by atoms with Crippen LogP contribution in [-0.2, 0) is 13.1 Å². The third kappa shape index (κ3) is 3.29. The molecule has 2 aliphatic rings. The molecule has 1 saturated heterocycles. The minimum atomic E-state index is 0.0881. The van der Waals surface area contributed by atoms with Crippen molar-refractivity contribution in [2.24, 2.45) is 0 Å². The number of benzene rings is 1. The molecule has 0 N–H and O–H groups in total. The zero-order chi connectivity index (χ0) is 19.8. The zero-order valence-corrected chi connectivity index (χ0v) is 16.4. The van der Waals surface area contributed by atoms with Crippen molar-refractivity contribution in [3.05, 3.63) is 83.9 Å². The largest absolute Gasteiger partial charge is 0.497 e. The van der Waals surface area contributed by atoms with Crippen LogP contribution in [0.5, 0.6) is 5.75 Å². The molecule has 3 aromatic rings. The predicted molar refractivity (Wildman–Crippen MR) is 110 cm³/mol. The molecule has 0 saturated carbocycles. The van der Waals surface area contributed by atoms with E-state index in [-0.39, 0.29) is 18.0 Å². The highest BCUT2D eigenvalue weighted by Crippen LogP contribution is 2.35. The summed E-state index contributed by atoms with van der Waals surface area (Å²) in [5.74, 6) is 0.962. The molecule has 4 heterocycles. The molecule has 0 aliphatic carbocycles. The predicted octanol–water partition coefficient (Wildman–Crippen LogP) is 2.97. The average Bonchev–Trinajstić information content (AvgIpc) is 3.39. The van der Waals surface area contributed by atoms with Crippen molar-refractivity contribution in [2.75, 3.05) is 20.2 Å². The Morgan fingerprint density at radius 1 is 1.03 bits per heavy atom. The molecule has 29 heavy (non-hydrogen) atoms. The van der Waals surface area contributed by atoms with Gasteiger partial charge in [-0.15, -0.1) is 0 Å². The van der Waals surface area contributed by atoms with Gasteiger partial charge in [-0.2, -0.15) is 0 Å². The van der Waals surface area contributed by atoms with E-state index in [0.717, 1.165) is 36.8 Å². The number of hydrogen-bond acceptors (Lipinski definition) is 4. The highest BCUT2D eigenvalue weighted by atomic mass is 16.5. The second-order valence-electron chi connectivity index (χ2n) is 7.74. The van der Waals surface area contributed by atoms with Gasteiger partial charge < -0.3 is 14.2 Å². The van der Waals surface area contributed by atoms with Gasteiger partial charge in [-0.05, 0) is 42.0 Å². The van der Waals surface area contributed by atoms with Crippen molar-refractivity contribution in [3.8, 4) is 5.75 Å². The first kappa shape index (κ1) is 17.9. The molecular weight excluding hydrogens is 364 g/mol. The maximum absolute atomic E-state index is 13.2. The van der Waals surface area contributed by atoms with E-state index in [1.165, 1.54) is 5.56 Å². The summed E-state index contributed by atoms with van der Waals surface area (Å²) in [6.45, 7) is 3.14. The average molecular weight is 388 g/mol. The smallest absolute Gasteiger partial charge is 0.271 e. The molecule has 0 spiro atoms. The summed E-state index contributed by atoms with van der Waals surface area (Å²) in [4.78, 5) is 22.1. The number of likely N-dealkylation sites (tertiary alicyclic amines) is 1. The number of carbonyl (C=O) groups is 1. The van der Waals surface area contributed by atoms with E-state index < -0.39 is 0 Å². The van der Waals surface area contributed by atoms with Gasteiger partial charge in [0.2, 0.25) is 0 Å². The highest BCUT2D eigenvalue weighted by Gasteiger charge is 2.44. The van der Waals surface area contributed by atoms with Crippen LogP contribution in [0.15, 0.2) is 67.0 Å². The molecule has 5 rings (SSSR count). The molecule has 0 unspecified atom stereocenters. The number of nitrogens with zero attached hydrogens (tertiary/aromatic N) is 4. The number of ether oxygens (including phenoxy) is 1. The molecule has 1 aromatic carbocycles. The van der Waals surface area contributed by atoms with Crippen molar-refractivity contribution < 1.29 is 9.53 Å². The first-order chi connectivity index (χ1) is 14.2. The summed E-state index contributed by atoms with van der Waals surface area (Å²) < 4.78 is 7.53. The molecule has 2 aliphatic heterocycles. The Morgan fingerprint density at radius 3 is 2.76 bits per heavy atom. The summed E-state index contributed by atoms with van der Waals surface area (Å²) >= 11 is 0. The summed E-state index contributed by atoms with van der Waals surface area (Å²) in [5, 5.41) is 0. The minimum Gasteiger partial charge on any atom is -0.497 e. The molecule has 1 fully saturated rings. The van der Waals surface area contributed by atoms with E-state index >= 15 is 0 Å². The topological polar surface area (TPSA) is 50.6 Å². The molecule has 0 bridgehead atoms. The van der Waals surface area contributed by atoms with Crippen LogP contribution >= 0.6 is 0 Å². The lowest BCUT2D eigenvalue weighted by atomic mass is 10.1. The maximum atomic E-state index is 13.2. The Labute approximate surface area is 170 Å². The summed E-state index contributed by atoms with van der Waals surface area (Å²) in [7, 11) is 1.69. The van der Waals surface area contributed by atoms with Gasteiger partial charge >= 0.3 is 0 Å². The van der Waals surface area contributed by atoms with Gasteiger partial charge in [-0.25, -0.2) is 0 Å². The van der Waals surface area contributed by atoms with Crippen molar-refractivity contribution >= 4 is 5.91 Å². The minimum absolute atomic E-state index is 0.0881. The van der Waals surface area contributed by atoms with Crippen LogP contribution in [0, 0.1) is 0 Å². The SMILES string of the molecule is COc1cccc(CN2C[C@H]3[C@H](C2)n2cccc2C(=O)N3Cc2ccccn2)c1. The van der Waals surface area contributed by atoms with Gasteiger partial charge in [0.05, 0.1) is 31.4 Å². The van der Waals surface area contributed by atoms with Crippen LogP contribution in [0.25, 0.3) is 0 Å². The van der Waals surface area contributed by atoms with E-state index in [1.54, 1.807) is 13.3 Å². The quantitative estimate of drug-likeness (QED) is 0.674. The number of hydrogen-bond donors (Lipinski definition) is 0. The van der Waals surface area contributed by atoms with Gasteiger partial charge in [-0.3, -0.25) is 14.7 Å². The standard InChI is InChI=1S/C23H24N4O2/c1-29-19-8-4-6-17(12-19)13-25-15-21-22(16-25)27(14-18-7-2-3-10-24-18)23(28)20-9-5-11-26(20)21/h2-12,21-22H,13-16H2,1H3/t21-,22-/m0/s1. The number of methoxy groups -OCH3 is 1. The van der Waals surface area contributed by atoms with Crippen LogP contribution in [0.3, 0.4) is 0 Å². The lowest BCUT2D eigenvalue weighted by Crippen LogP contribution is -2.49. The van der Waals surface area contributed by atoms with Crippen LogP contribution in [0.4, 0.5) is 0 Å². The van der Waals surface area contributed by atoms with Crippen molar-refractivity contribution in [1.82, 2.24) is 19.4 Å². The second kappa shape index (κ2) is 7.37. The Kier molecular flexibility index (Phi) is 4.56. The normalized spacial score (nSPS) is 21.1. The zero-order valence-electron chi connectivity index (χ0n) is 16.4. The molecule has 0 radical (unpaired) electrons. The van der Waals surface area contributed by atoms with E-state index in [2.05, 4.69) is 26.6 Å². The third-order valence-electron chi connectivity index (χ3n) is 5.95. The van der Waals surface area contributed by atoms with Crippen molar-refractivity contribution in [3.63, 3.8) is 0 Å². The maximum Gasteiger partial charge on any atom is 0.271 e. The van der Waals surface area contributed by atoms with Crippen LogP contribution < -0.4 is 4.74 Å². The molecule has 2 atom stereocenters. The fraction of sp³-hybridized carbons (Fsp3) is 0.304. The number of rotatable bonds is 5. The first-order valence-corrected chi connectivity index (χ1v) is 9.96. The summed E-state index contributed by atoms with van der Waals surface area (Å²) in [5.41, 5.74) is 2.91. The van der Waals surface area contributed by atoms with Gasteiger partial charge in [0.25, 0.3) is 5.91 Å². The van der Waals surface area contributed by atoms with Crippen LogP contribution in [0.2, 0.25) is 0 Å². The molecule has 6 nitrogen and oxygen atoms in total. The number of pyridine rings is 1. The first-order valence-electron chi connectivity index (χ1n) is 9.96. The highest BCUT2D eigenvalue weighted by molar-refractivity contribution is 5.94. The summed E-state index contributed by atoms with van der Waals surface area (Å²) in [6, 6.07) is 18.4. The second-order valence-corrected chi connectivity index (χ2v) is 7.74. The fourth-order valence-corrected chi connectivity index (χ4v) is 4.60. The summed E-state index contributed by atoms with van der Waals surface area (Å²) in [6.07, 6.45) is 3.83. The van der Waals surface area contributed by atoms with Gasteiger partial charge in [-0.1, -0.05) is 18.2 Å². The number of carbonyl (C=O) groups excluding carboxylic acids is 1. The molecular formula is C23H24N4O2. The number of amides is 1. The number of fused-ring (bicyclic) bond motifs is 3. The van der Waals surface area contributed by atoms with E-state index in [9.17, 15) is 4.79 Å². The van der Waals surface area contributed by atoms with Crippen LogP contribution in [0.1, 0.15) is 27.8 Å². The lowest BCUT2D eigenvalue weighted by molar-refractivity contribution is 0.0553. The molecule has 2 aromatic heterocycles. The Bertz CT molecular complexity index is 1020. The van der Waals surface area contributed by atoms with Gasteiger partial charge in [0, 0.05) is 32.0 Å². The Morgan fingerprint density at radius 2 is 1.93 bits per heavy atom. The molecule has 148 valence electrons.